The zero-order chi connectivity index (χ0) is 10.3. The lowest BCUT2D eigenvalue weighted by Gasteiger charge is -2.22. The Balaban J connectivity index is 3.59. The smallest absolute Gasteiger partial charge is 0.0434 e. The minimum absolute atomic E-state index is 0.307. The second-order valence-corrected chi connectivity index (χ2v) is 4.28. The molecule has 80 valence electrons. The lowest BCUT2D eigenvalue weighted by Crippen LogP contribution is -2.36. The van der Waals surface area contributed by atoms with Crippen LogP contribution in [0.2, 0.25) is 0 Å². The number of rotatable bonds is 7. The molecular weight excluding hydrogens is 162 g/mol. The summed E-state index contributed by atoms with van der Waals surface area (Å²) in [7, 11) is 0. The maximum atomic E-state index is 8.74. The van der Waals surface area contributed by atoms with E-state index in [1.165, 1.54) is 6.42 Å². The molecule has 0 aromatic rings. The first-order valence-corrected chi connectivity index (χ1v) is 5.46. The van der Waals surface area contributed by atoms with Gasteiger partial charge in [0.2, 0.25) is 0 Å². The van der Waals surface area contributed by atoms with E-state index in [9.17, 15) is 0 Å². The molecule has 0 aliphatic rings. The van der Waals surface area contributed by atoms with Gasteiger partial charge < -0.3 is 10.4 Å². The van der Waals surface area contributed by atoms with E-state index < -0.39 is 0 Å². The molecule has 0 aromatic heterocycles. The fourth-order valence-corrected chi connectivity index (χ4v) is 1.53. The van der Waals surface area contributed by atoms with Gasteiger partial charge in [-0.2, -0.15) is 0 Å². The van der Waals surface area contributed by atoms with Crippen molar-refractivity contribution in [2.75, 3.05) is 13.2 Å². The first kappa shape index (κ1) is 12.9. The van der Waals surface area contributed by atoms with Crippen LogP contribution in [-0.2, 0) is 0 Å². The maximum absolute atomic E-state index is 8.74. The monoisotopic (exact) mass is 187 g/mol. The fraction of sp³-hybridized carbons (Fsp3) is 1.00. The highest BCUT2D eigenvalue weighted by atomic mass is 16.3. The van der Waals surface area contributed by atoms with Crippen LogP contribution in [-0.4, -0.2) is 24.3 Å². The zero-order valence-electron chi connectivity index (χ0n) is 9.51. The Labute approximate surface area is 82.7 Å². The van der Waals surface area contributed by atoms with Gasteiger partial charge in [0.15, 0.2) is 0 Å². The van der Waals surface area contributed by atoms with Crippen LogP contribution in [0.25, 0.3) is 0 Å². The summed E-state index contributed by atoms with van der Waals surface area (Å²) < 4.78 is 0. The van der Waals surface area contributed by atoms with Crippen molar-refractivity contribution in [3.8, 4) is 0 Å². The van der Waals surface area contributed by atoms with E-state index >= 15 is 0 Å². The second kappa shape index (κ2) is 7.34. The SMILES string of the molecule is CCC(NCC(C)CCO)C(C)C. The van der Waals surface area contributed by atoms with Gasteiger partial charge in [-0.25, -0.2) is 0 Å². The molecule has 0 bridgehead atoms. The van der Waals surface area contributed by atoms with E-state index in [0.717, 1.165) is 13.0 Å². The van der Waals surface area contributed by atoms with Crippen LogP contribution in [0.4, 0.5) is 0 Å². The van der Waals surface area contributed by atoms with Crippen molar-refractivity contribution in [1.29, 1.82) is 0 Å². The minimum Gasteiger partial charge on any atom is -0.396 e. The zero-order valence-corrected chi connectivity index (χ0v) is 9.51. The third kappa shape index (κ3) is 6.05. The Bertz CT molecular complexity index is 115. The number of hydrogen-bond donors (Lipinski definition) is 2. The highest BCUT2D eigenvalue weighted by Gasteiger charge is 2.11. The van der Waals surface area contributed by atoms with Gasteiger partial charge in [0.25, 0.3) is 0 Å². The largest absolute Gasteiger partial charge is 0.396 e. The van der Waals surface area contributed by atoms with Crippen LogP contribution in [0, 0.1) is 11.8 Å². The summed E-state index contributed by atoms with van der Waals surface area (Å²) in [6.07, 6.45) is 2.09. The molecule has 13 heavy (non-hydrogen) atoms. The first-order chi connectivity index (χ1) is 6.11. The molecule has 0 spiro atoms. The van der Waals surface area contributed by atoms with Crippen LogP contribution < -0.4 is 5.32 Å². The molecule has 2 N–H and O–H groups in total. The van der Waals surface area contributed by atoms with E-state index in [4.69, 9.17) is 5.11 Å². The van der Waals surface area contributed by atoms with Gasteiger partial charge in [0.1, 0.15) is 0 Å². The normalized spacial score (nSPS) is 16.2. The number of aliphatic hydroxyl groups excluding tert-OH is 1. The van der Waals surface area contributed by atoms with Crippen molar-refractivity contribution >= 4 is 0 Å². The third-order valence-electron chi connectivity index (χ3n) is 2.59. The predicted molar refractivity (Wildman–Crippen MR) is 57.8 cm³/mol. The van der Waals surface area contributed by atoms with E-state index in [2.05, 4.69) is 33.0 Å². The van der Waals surface area contributed by atoms with Gasteiger partial charge in [-0.3, -0.25) is 0 Å². The van der Waals surface area contributed by atoms with Crippen molar-refractivity contribution in [1.82, 2.24) is 5.32 Å². The lowest BCUT2D eigenvalue weighted by molar-refractivity contribution is 0.253. The van der Waals surface area contributed by atoms with Crippen LogP contribution in [0.3, 0.4) is 0 Å². The summed E-state index contributed by atoms with van der Waals surface area (Å²) >= 11 is 0. The molecule has 0 aliphatic carbocycles. The van der Waals surface area contributed by atoms with E-state index in [-0.39, 0.29) is 0 Å². The highest BCUT2D eigenvalue weighted by Crippen LogP contribution is 2.07. The summed E-state index contributed by atoms with van der Waals surface area (Å²) in [5, 5.41) is 12.3. The average Bonchev–Trinajstić information content (AvgIpc) is 2.05. The lowest BCUT2D eigenvalue weighted by atomic mass is 10.0. The van der Waals surface area contributed by atoms with Gasteiger partial charge >= 0.3 is 0 Å². The molecule has 0 amide bonds. The maximum Gasteiger partial charge on any atom is 0.0434 e. The Morgan fingerprint density at radius 2 is 1.85 bits per heavy atom. The molecule has 0 saturated carbocycles. The molecule has 2 nitrogen and oxygen atoms in total. The molecule has 0 fully saturated rings. The first-order valence-electron chi connectivity index (χ1n) is 5.46. The molecule has 2 unspecified atom stereocenters. The molecule has 0 radical (unpaired) electrons. The van der Waals surface area contributed by atoms with E-state index in [0.29, 0.717) is 24.5 Å². The molecule has 0 aromatic carbocycles. The van der Waals surface area contributed by atoms with Crippen LogP contribution in [0.15, 0.2) is 0 Å². The van der Waals surface area contributed by atoms with Crippen molar-refractivity contribution in [2.45, 2.75) is 46.6 Å². The highest BCUT2D eigenvalue weighted by molar-refractivity contribution is 4.69. The van der Waals surface area contributed by atoms with Crippen LogP contribution in [0.5, 0.6) is 0 Å². The fourth-order valence-electron chi connectivity index (χ4n) is 1.53. The number of nitrogens with one attached hydrogen (secondary N) is 1. The standard InChI is InChI=1S/C11H25NO/c1-5-11(9(2)3)12-8-10(4)6-7-13/h9-13H,5-8H2,1-4H3. The Hall–Kier alpha value is -0.0800. The van der Waals surface area contributed by atoms with Crippen molar-refractivity contribution < 1.29 is 5.11 Å². The molecule has 2 atom stereocenters. The van der Waals surface area contributed by atoms with Crippen molar-refractivity contribution in [2.24, 2.45) is 11.8 Å². The summed E-state index contributed by atoms with van der Waals surface area (Å²) in [5.74, 6) is 1.28. The van der Waals surface area contributed by atoms with E-state index in [1.807, 2.05) is 0 Å². The summed E-state index contributed by atoms with van der Waals surface area (Å²) in [4.78, 5) is 0. The molecule has 0 heterocycles. The van der Waals surface area contributed by atoms with Gasteiger partial charge in [0.05, 0.1) is 0 Å². The van der Waals surface area contributed by atoms with Crippen molar-refractivity contribution in [3.63, 3.8) is 0 Å². The number of hydrogen-bond acceptors (Lipinski definition) is 2. The number of aliphatic hydroxyl groups is 1. The Kier molecular flexibility index (Phi) is 7.29. The third-order valence-corrected chi connectivity index (χ3v) is 2.59. The van der Waals surface area contributed by atoms with Gasteiger partial charge in [0, 0.05) is 12.6 Å². The topological polar surface area (TPSA) is 32.3 Å². The van der Waals surface area contributed by atoms with Crippen LogP contribution >= 0.6 is 0 Å². The van der Waals surface area contributed by atoms with E-state index in [1.54, 1.807) is 0 Å². The Morgan fingerprint density at radius 3 is 2.23 bits per heavy atom. The summed E-state index contributed by atoms with van der Waals surface area (Å²) in [6.45, 7) is 10.2. The average molecular weight is 187 g/mol. The predicted octanol–water partition coefficient (Wildman–Crippen LogP) is 2.03. The van der Waals surface area contributed by atoms with Gasteiger partial charge in [-0.1, -0.05) is 27.7 Å². The molecule has 0 aliphatic heterocycles. The van der Waals surface area contributed by atoms with Crippen LogP contribution in [0.1, 0.15) is 40.5 Å². The Morgan fingerprint density at radius 1 is 1.23 bits per heavy atom. The van der Waals surface area contributed by atoms with Gasteiger partial charge in [-0.15, -0.1) is 0 Å². The summed E-state index contributed by atoms with van der Waals surface area (Å²) in [5.41, 5.74) is 0. The molecule has 2 heteroatoms. The quantitative estimate of drug-likeness (QED) is 0.639. The van der Waals surface area contributed by atoms with Gasteiger partial charge in [-0.05, 0) is 31.2 Å². The molecular formula is C11H25NO. The van der Waals surface area contributed by atoms with Crippen molar-refractivity contribution in [3.05, 3.63) is 0 Å². The summed E-state index contributed by atoms with van der Waals surface area (Å²) in [6, 6.07) is 0.626. The molecule has 0 rings (SSSR count). The molecule has 0 saturated heterocycles. The second-order valence-electron chi connectivity index (χ2n) is 4.28. The minimum atomic E-state index is 0.307.